The number of hydrogen-bond donors (Lipinski definition) is 0. The van der Waals surface area contributed by atoms with Gasteiger partial charge in [0, 0.05) is 31.6 Å². The van der Waals surface area contributed by atoms with Crippen molar-refractivity contribution in [1.29, 1.82) is 0 Å². The number of hydrogen-bond acceptors (Lipinski definition) is 3. The highest BCUT2D eigenvalue weighted by Gasteiger charge is 2.31. The largest absolute Gasteiger partial charge is 0.416 e. The van der Waals surface area contributed by atoms with Crippen LogP contribution in [0.3, 0.4) is 0 Å². The van der Waals surface area contributed by atoms with E-state index in [4.69, 9.17) is 0 Å². The lowest BCUT2D eigenvalue weighted by molar-refractivity contribution is -0.137. The van der Waals surface area contributed by atoms with E-state index in [-0.39, 0.29) is 5.52 Å². The third-order valence-corrected chi connectivity index (χ3v) is 4.71. The first kappa shape index (κ1) is 17.5. The minimum absolute atomic E-state index is 0.161. The number of aromatic nitrogens is 2. The minimum atomic E-state index is -4.45. The standard InChI is InChI=1S/C17H16F3N3OS/c1-22(2)14-7-5-4-6-12(14)16-21-13-10-11(17(18,19)20)8-9-15(13)23(16)25(3)24/h4-10H,1-3H3. The number of anilines is 1. The fourth-order valence-corrected chi connectivity index (χ4v) is 3.53. The molecule has 0 amide bonds. The van der Waals surface area contributed by atoms with Crippen molar-refractivity contribution in [2.24, 2.45) is 0 Å². The van der Waals surface area contributed by atoms with Crippen LogP contribution in [0.15, 0.2) is 42.5 Å². The van der Waals surface area contributed by atoms with Crippen molar-refractivity contribution in [1.82, 2.24) is 8.96 Å². The smallest absolute Gasteiger partial charge is 0.377 e. The van der Waals surface area contributed by atoms with Crippen LogP contribution >= 0.6 is 0 Å². The van der Waals surface area contributed by atoms with Gasteiger partial charge in [-0.3, -0.25) is 0 Å². The van der Waals surface area contributed by atoms with E-state index in [9.17, 15) is 17.4 Å². The van der Waals surface area contributed by atoms with Gasteiger partial charge in [-0.05, 0) is 30.3 Å². The minimum Gasteiger partial charge on any atom is -0.377 e. The summed E-state index contributed by atoms with van der Waals surface area (Å²) in [5.41, 5.74) is 1.32. The highest BCUT2D eigenvalue weighted by atomic mass is 32.2. The Labute approximate surface area is 145 Å². The molecule has 25 heavy (non-hydrogen) atoms. The van der Waals surface area contributed by atoms with E-state index in [2.05, 4.69) is 4.98 Å². The van der Waals surface area contributed by atoms with Crippen molar-refractivity contribution >= 4 is 27.7 Å². The summed E-state index contributed by atoms with van der Waals surface area (Å²) in [5, 5.41) is 0. The molecule has 0 N–H and O–H groups in total. The van der Waals surface area contributed by atoms with Gasteiger partial charge in [0.2, 0.25) is 0 Å². The molecule has 1 aromatic heterocycles. The maximum absolute atomic E-state index is 13.0. The molecule has 132 valence electrons. The quantitative estimate of drug-likeness (QED) is 0.704. The van der Waals surface area contributed by atoms with Crippen molar-refractivity contribution in [3.8, 4) is 11.4 Å². The summed E-state index contributed by atoms with van der Waals surface area (Å²) in [6.07, 6.45) is -2.98. The monoisotopic (exact) mass is 367 g/mol. The predicted octanol–water partition coefficient (Wildman–Crippen LogP) is 3.93. The summed E-state index contributed by atoms with van der Waals surface area (Å²) in [7, 11) is 2.24. The fraction of sp³-hybridized carbons (Fsp3) is 0.235. The molecule has 0 spiro atoms. The van der Waals surface area contributed by atoms with Crippen molar-refractivity contribution in [3.63, 3.8) is 0 Å². The van der Waals surface area contributed by atoms with Crippen LogP contribution < -0.4 is 4.90 Å². The molecule has 4 nitrogen and oxygen atoms in total. The number of rotatable bonds is 3. The van der Waals surface area contributed by atoms with E-state index in [1.54, 1.807) is 0 Å². The molecule has 1 heterocycles. The lowest BCUT2D eigenvalue weighted by Gasteiger charge is -2.17. The molecule has 0 radical (unpaired) electrons. The number of halogens is 3. The Kier molecular flexibility index (Phi) is 4.32. The molecule has 0 saturated carbocycles. The average Bonchev–Trinajstić information content (AvgIpc) is 2.92. The predicted molar refractivity (Wildman–Crippen MR) is 94.0 cm³/mol. The fourth-order valence-electron chi connectivity index (χ4n) is 2.72. The normalized spacial score (nSPS) is 13.2. The van der Waals surface area contributed by atoms with Gasteiger partial charge in [-0.2, -0.15) is 13.2 Å². The topological polar surface area (TPSA) is 38.1 Å². The van der Waals surface area contributed by atoms with Crippen LogP contribution in [0, 0.1) is 0 Å². The maximum atomic E-state index is 13.0. The molecule has 1 atom stereocenters. The van der Waals surface area contributed by atoms with Gasteiger partial charge in [0.05, 0.1) is 16.6 Å². The van der Waals surface area contributed by atoms with E-state index in [1.165, 1.54) is 16.3 Å². The highest BCUT2D eigenvalue weighted by Crippen LogP contribution is 2.35. The number of imidazole rings is 1. The summed E-state index contributed by atoms with van der Waals surface area (Å²) >= 11 is 0. The number of fused-ring (bicyclic) bond motifs is 1. The molecular formula is C17H16F3N3OS. The van der Waals surface area contributed by atoms with Crippen LogP contribution in [0.1, 0.15) is 5.56 Å². The zero-order valence-electron chi connectivity index (χ0n) is 13.8. The molecule has 0 saturated heterocycles. The molecule has 0 fully saturated rings. The third-order valence-electron chi connectivity index (χ3n) is 3.82. The summed E-state index contributed by atoms with van der Waals surface area (Å²) in [6, 6.07) is 10.6. The Morgan fingerprint density at radius 3 is 2.40 bits per heavy atom. The first-order chi connectivity index (χ1) is 11.7. The van der Waals surface area contributed by atoms with Crippen LogP contribution in [0.2, 0.25) is 0 Å². The highest BCUT2D eigenvalue weighted by molar-refractivity contribution is 7.83. The molecule has 0 bridgehead atoms. The Morgan fingerprint density at radius 1 is 1.12 bits per heavy atom. The number of alkyl halides is 3. The van der Waals surface area contributed by atoms with E-state index in [0.29, 0.717) is 16.9 Å². The van der Waals surface area contributed by atoms with Gasteiger partial charge in [-0.1, -0.05) is 12.1 Å². The lowest BCUT2D eigenvalue weighted by atomic mass is 10.1. The third kappa shape index (κ3) is 3.13. The van der Waals surface area contributed by atoms with Gasteiger partial charge in [0.1, 0.15) is 11.0 Å². The van der Waals surface area contributed by atoms with E-state index < -0.39 is 22.7 Å². The molecule has 0 aliphatic carbocycles. The van der Waals surface area contributed by atoms with E-state index in [1.807, 2.05) is 43.3 Å². The van der Waals surface area contributed by atoms with E-state index in [0.717, 1.165) is 17.8 Å². The Balaban J connectivity index is 2.32. The van der Waals surface area contributed by atoms with Crippen LogP contribution in [0.4, 0.5) is 18.9 Å². The van der Waals surface area contributed by atoms with Crippen molar-refractivity contribution in [2.75, 3.05) is 25.3 Å². The SMILES string of the molecule is CN(C)c1ccccc1-c1nc2cc(C(F)(F)F)ccc2n1S(C)=O. The first-order valence-corrected chi connectivity index (χ1v) is 8.92. The number of para-hydroxylation sites is 1. The summed E-state index contributed by atoms with van der Waals surface area (Å²) in [4.78, 5) is 6.24. The van der Waals surface area contributed by atoms with Crippen LogP contribution in [-0.2, 0) is 17.2 Å². The first-order valence-electron chi connectivity index (χ1n) is 7.40. The zero-order chi connectivity index (χ0) is 18.4. The molecule has 0 aliphatic rings. The van der Waals surface area contributed by atoms with Crippen molar-refractivity contribution in [2.45, 2.75) is 6.18 Å². The van der Waals surface area contributed by atoms with Gasteiger partial charge < -0.3 is 4.90 Å². The Hall–Kier alpha value is -2.35. The summed E-state index contributed by atoms with van der Waals surface area (Å²) in [5.74, 6) is 0.374. The Bertz CT molecular complexity index is 963. The van der Waals surface area contributed by atoms with Crippen molar-refractivity contribution in [3.05, 3.63) is 48.0 Å². The van der Waals surface area contributed by atoms with Crippen molar-refractivity contribution < 1.29 is 17.4 Å². The second-order valence-electron chi connectivity index (χ2n) is 5.77. The summed E-state index contributed by atoms with van der Waals surface area (Å²) < 4.78 is 52.7. The molecule has 8 heteroatoms. The molecule has 3 aromatic rings. The zero-order valence-corrected chi connectivity index (χ0v) is 14.6. The van der Waals surface area contributed by atoms with Crippen LogP contribution in [0.5, 0.6) is 0 Å². The molecule has 1 unspecified atom stereocenters. The van der Waals surface area contributed by atoms with Gasteiger partial charge in [0.15, 0.2) is 5.82 Å². The van der Waals surface area contributed by atoms with Gasteiger partial charge in [-0.15, -0.1) is 0 Å². The number of nitrogens with zero attached hydrogens (tertiary/aromatic N) is 3. The second-order valence-corrected chi connectivity index (χ2v) is 6.98. The van der Waals surface area contributed by atoms with Gasteiger partial charge in [0.25, 0.3) is 0 Å². The lowest BCUT2D eigenvalue weighted by Crippen LogP contribution is -2.12. The van der Waals surface area contributed by atoms with Gasteiger partial charge in [-0.25, -0.2) is 13.2 Å². The maximum Gasteiger partial charge on any atom is 0.416 e. The van der Waals surface area contributed by atoms with E-state index >= 15 is 0 Å². The number of benzene rings is 2. The molecule has 0 aliphatic heterocycles. The molecular weight excluding hydrogens is 351 g/mol. The molecule has 2 aromatic carbocycles. The van der Waals surface area contributed by atoms with Gasteiger partial charge >= 0.3 is 6.18 Å². The van der Waals surface area contributed by atoms with Crippen LogP contribution in [0.25, 0.3) is 22.4 Å². The molecule has 3 rings (SSSR count). The Morgan fingerprint density at radius 2 is 1.80 bits per heavy atom. The second kappa shape index (κ2) is 6.18. The van der Waals surface area contributed by atoms with Crippen LogP contribution in [-0.4, -0.2) is 33.5 Å². The average molecular weight is 367 g/mol. The summed E-state index contributed by atoms with van der Waals surface area (Å²) in [6.45, 7) is 0.